The minimum atomic E-state index is -0.389. The molecule has 2 heterocycles. The van der Waals surface area contributed by atoms with Gasteiger partial charge in [-0.05, 0) is 13.5 Å². The fourth-order valence-corrected chi connectivity index (χ4v) is 4.07. The predicted molar refractivity (Wildman–Crippen MR) is 70.0 cm³/mol. The number of aromatic nitrogens is 2. The number of hydrogen-bond donors (Lipinski definition) is 1. The van der Waals surface area contributed by atoms with Gasteiger partial charge >= 0.3 is 0 Å². The lowest BCUT2D eigenvalue weighted by atomic mass is 9.89. The summed E-state index contributed by atoms with van der Waals surface area (Å²) >= 11 is 1.62. The molecule has 1 aliphatic carbocycles. The molecular formula is C12H19N3O3S. The van der Waals surface area contributed by atoms with Crippen LogP contribution in [0.2, 0.25) is 0 Å². The maximum Gasteiger partial charge on any atom is 0.276 e. The minimum Gasteiger partial charge on any atom is -0.416 e. The van der Waals surface area contributed by atoms with Crippen molar-refractivity contribution in [3.63, 3.8) is 0 Å². The number of aryl methyl sites for hydroxylation is 1. The van der Waals surface area contributed by atoms with Crippen LogP contribution >= 0.6 is 11.8 Å². The Morgan fingerprint density at radius 3 is 2.74 bits per heavy atom. The molecule has 106 valence electrons. The van der Waals surface area contributed by atoms with Gasteiger partial charge in [0.05, 0.1) is 13.2 Å². The third kappa shape index (κ3) is 2.79. The van der Waals surface area contributed by atoms with Gasteiger partial charge in [-0.15, -0.1) is 10.2 Å². The summed E-state index contributed by atoms with van der Waals surface area (Å²) in [6.45, 7) is 3.20. The van der Waals surface area contributed by atoms with Gasteiger partial charge in [0, 0.05) is 31.1 Å². The molecule has 3 rings (SSSR count). The maximum atomic E-state index is 5.82. The van der Waals surface area contributed by atoms with E-state index in [2.05, 4.69) is 15.5 Å². The molecule has 1 aromatic rings. The van der Waals surface area contributed by atoms with Crippen LogP contribution in [0.5, 0.6) is 0 Å². The van der Waals surface area contributed by atoms with Crippen LogP contribution in [0.3, 0.4) is 0 Å². The van der Waals surface area contributed by atoms with Gasteiger partial charge in [-0.2, -0.15) is 0 Å². The van der Waals surface area contributed by atoms with E-state index in [4.69, 9.17) is 13.9 Å². The van der Waals surface area contributed by atoms with E-state index in [1.807, 2.05) is 7.05 Å². The van der Waals surface area contributed by atoms with Crippen LogP contribution < -0.4 is 5.32 Å². The zero-order valence-electron chi connectivity index (χ0n) is 11.2. The fraction of sp³-hybridized carbons (Fsp3) is 0.833. The number of rotatable bonds is 3. The highest BCUT2D eigenvalue weighted by Gasteiger charge is 2.45. The van der Waals surface area contributed by atoms with Gasteiger partial charge in [0.1, 0.15) is 0 Å². The number of nitrogens with zero attached hydrogens (tertiary/aromatic N) is 2. The highest BCUT2D eigenvalue weighted by atomic mass is 32.2. The van der Waals surface area contributed by atoms with Crippen molar-refractivity contribution in [2.45, 2.75) is 48.5 Å². The first-order valence-corrected chi connectivity index (χ1v) is 7.51. The molecule has 1 aromatic heterocycles. The van der Waals surface area contributed by atoms with Crippen LogP contribution in [-0.2, 0) is 9.47 Å². The van der Waals surface area contributed by atoms with Crippen LogP contribution in [-0.4, -0.2) is 47.5 Å². The Morgan fingerprint density at radius 1 is 1.32 bits per heavy atom. The predicted octanol–water partition coefficient (Wildman–Crippen LogP) is 1.35. The molecule has 0 radical (unpaired) electrons. The lowest BCUT2D eigenvalue weighted by molar-refractivity contribution is -0.177. The highest BCUT2D eigenvalue weighted by molar-refractivity contribution is 7.99. The minimum absolute atomic E-state index is 0.316. The molecule has 2 atom stereocenters. The normalized spacial score (nSPS) is 30.0. The molecule has 0 aromatic carbocycles. The lowest BCUT2D eigenvalue weighted by Gasteiger charge is -2.40. The SMILES string of the molecule is CNC1CCC2(CC1Sc1nnc(C)o1)OCCO2. The molecular weight excluding hydrogens is 266 g/mol. The molecule has 6 nitrogen and oxygen atoms in total. The summed E-state index contributed by atoms with van der Waals surface area (Å²) in [6.07, 6.45) is 2.82. The molecule has 1 spiro atoms. The summed E-state index contributed by atoms with van der Waals surface area (Å²) in [4.78, 5) is 0. The summed E-state index contributed by atoms with van der Waals surface area (Å²) in [5, 5.41) is 12.2. The topological polar surface area (TPSA) is 69.4 Å². The first-order valence-electron chi connectivity index (χ1n) is 6.63. The summed E-state index contributed by atoms with van der Waals surface area (Å²) < 4.78 is 17.1. The average molecular weight is 285 g/mol. The quantitative estimate of drug-likeness (QED) is 0.899. The molecule has 1 saturated carbocycles. The number of thioether (sulfide) groups is 1. The molecule has 0 amide bonds. The van der Waals surface area contributed by atoms with E-state index in [9.17, 15) is 0 Å². The van der Waals surface area contributed by atoms with E-state index >= 15 is 0 Å². The number of ether oxygens (including phenoxy) is 2. The Balaban J connectivity index is 1.71. The molecule has 1 saturated heterocycles. The Hall–Kier alpha value is -0.630. The third-order valence-electron chi connectivity index (χ3n) is 3.74. The van der Waals surface area contributed by atoms with Crippen molar-refractivity contribution in [2.75, 3.05) is 20.3 Å². The third-order valence-corrected chi connectivity index (χ3v) is 4.91. The van der Waals surface area contributed by atoms with Gasteiger partial charge in [-0.25, -0.2) is 0 Å². The van der Waals surface area contributed by atoms with E-state index in [0.717, 1.165) is 19.3 Å². The van der Waals surface area contributed by atoms with Crippen molar-refractivity contribution in [1.29, 1.82) is 0 Å². The summed E-state index contributed by atoms with van der Waals surface area (Å²) in [6, 6.07) is 0.413. The number of nitrogens with one attached hydrogen (secondary N) is 1. The standard InChI is InChI=1S/C12H19N3O3S/c1-8-14-15-11(18-8)19-10-7-12(16-5-6-17-12)4-3-9(10)13-2/h9-10,13H,3-7H2,1-2H3. The average Bonchev–Trinajstić information content (AvgIpc) is 3.00. The van der Waals surface area contributed by atoms with Crippen molar-refractivity contribution in [2.24, 2.45) is 0 Å². The van der Waals surface area contributed by atoms with Crippen molar-refractivity contribution >= 4 is 11.8 Å². The van der Waals surface area contributed by atoms with Gasteiger partial charge in [0.15, 0.2) is 5.79 Å². The van der Waals surface area contributed by atoms with Crippen LogP contribution in [0.25, 0.3) is 0 Å². The van der Waals surface area contributed by atoms with E-state index in [-0.39, 0.29) is 5.79 Å². The summed E-state index contributed by atoms with van der Waals surface area (Å²) in [5.41, 5.74) is 0. The molecule has 7 heteroatoms. The lowest BCUT2D eigenvalue weighted by Crippen LogP contribution is -2.48. The number of hydrogen-bond acceptors (Lipinski definition) is 7. The van der Waals surface area contributed by atoms with Gasteiger partial charge in [-0.1, -0.05) is 11.8 Å². The molecule has 2 unspecified atom stereocenters. The van der Waals surface area contributed by atoms with Crippen molar-refractivity contribution < 1.29 is 13.9 Å². The van der Waals surface area contributed by atoms with E-state index in [0.29, 0.717) is 35.6 Å². The smallest absolute Gasteiger partial charge is 0.276 e. The first-order chi connectivity index (χ1) is 9.21. The maximum absolute atomic E-state index is 5.82. The molecule has 2 fully saturated rings. The van der Waals surface area contributed by atoms with Crippen molar-refractivity contribution in [1.82, 2.24) is 15.5 Å². The van der Waals surface area contributed by atoms with Gasteiger partial charge in [0.2, 0.25) is 5.89 Å². The Bertz CT molecular complexity index is 434. The van der Waals surface area contributed by atoms with Crippen LogP contribution in [0.4, 0.5) is 0 Å². The Morgan fingerprint density at radius 2 is 2.11 bits per heavy atom. The van der Waals surface area contributed by atoms with Crippen molar-refractivity contribution in [3.05, 3.63) is 5.89 Å². The Labute approximate surface area is 116 Å². The summed E-state index contributed by atoms with van der Waals surface area (Å²) in [7, 11) is 1.99. The fourth-order valence-electron chi connectivity index (χ4n) is 2.78. The first kappa shape index (κ1) is 13.4. The van der Waals surface area contributed by atoms with Crippen molar-refractivity contribution in [3.8, 4) is 0 Å². The second-order valence-electron chi connectivity index (χ2n) is 4.99. The second-order valence-corrected chi connectivity index (χ2v) is 6.18. The highest BCUT2D eigenvalue weighted by Crippen LogP contribution is 2.42. The van der Waals surface area contributed by atoms with E-state index < -0.39 is 0 Å². The Kier molecular flexibility index (Phi) is 3.79. The molecule has 19 heavy (non-hydrogen) atoms. The molecule has 2 aliphatic rings. The summed E-state index contributed by atoms with van der Waals surface area (Å²) in [5.74, 6) is 0.211. The zero-order chi connectivity index (χ0) is 13.3. The van der Waals surface area contributed by atoms with Gasteiger partial charge in [0.25, 0.3) is 5.22 Å². The monoisotopic (exact) mass is 285 g/mol. The van der Waals surface area contributed by atoms with Crippen LogP contribution in [0.1, 0.15) is 25.2 Å². The van der Waals surface area contributed by atoms with E-state index in [1.54, 1.807) is 18.7 Å². The second kappa shape index (κ2) is 5.40. The molecule has 1 N–H and O–H groups in total. The van der Waals surface area contributed by atoms with Crippen LogP contribution in [0, 0.1) is 6.92 Å². The van der Waals surface area contributed by atoms with Gasteiger partial charge in [-0.3, -0.25) is 0 Å². The van der Waals surface area contributed by atoms with Gasteiger partial charge < -0.3 is 19.2 Å². The zero-order valence-corrected chi connectivity index (χ0v) is 12.0. The largest absolute Gasteiger partial charge is 0.416 e. The van der Waals surface area contributed by atoms with Crippen LogP contribution in [0.15, 0.2) is 9.64 Å². The molecule has 1 aliphatic heterocycles. The molecule has 0 bridgehead atoms. The van der Waals surface area contributed by atoms with E-state index in [1.165, 1.54) is 0 Å².